The van der Waals surface area contributed by atoms with Gasteiger partial charge in [0.2, 0.25) is 0 Å². The number of benzene rings is 7. The van der Waals surface area contributed by atoms with Crippen LogP contribution in [0.25, 0.3) is 100 Å². The molecule has 0 saturated heterocycles. The number of hydrogen-bond donors (Lipinski definition) is 0. The van der Waals surface area contributed by atoms with Gasteiger partial charge in [0.1, 0.15) is 22.3 Å². The second-order valence-electron chi connectivity index (χ2n) is 11.6. The average molecular weight is 653 g/mol. The number of fused-ring (bicyclic) bond motifs is 6. The third-order valence-corrected chi connectivity index (χ3v) is 8.51. The molecule has 3 heterocycles. The number of aromatic nitrogens is 3. The van der Waals surface area contributed by atoms with E-state index in [-0.39, 0.29) is 45.0 Å². The zero-order valence-electron chi connectivity index (χ0n) is 36.9. The van der Waals surface area contributed by atoms with Crippen molar-refractivity contribution >= 4 is 43.9 Å². The van der Waals surface area contributed by atoms with Gasteiger partial charge in [-0.15, -0.1) is 0 Å². The van der Waals surface area contributed by atoms with Crippen LogP contribution in [0, 0.1) is 0 Å². The van der Waals surface area contributed by atoms with E-state index in [4.69, 9.17) is 34.8 Å². The van der Waals surface area contributed by atoms with Gasteiger partial charge >= 0.3 is 0 Å². The van der Waals surface area contributed by atoms with Crippen LogP contribution in [0.15, 0.2) is 172 Å². The molecule has 0 saturated carbocycles. The molecule has 234 valence electrons. The summed E-state index contributed by atoms with van der Waals surface area (Å²) >= 11 is 0. The third-order valence-electron chi connectivity index (χ3n) is 8.51. The van der Waals surface area contributed by atoms with Gasteiger partial charge in [-0.3, -0.25) is 0 Å². The van der Waals surface area contributed by atoms with Crippen LogP contribution in [-0.4, -0.2) is 15.0 Å². The fourth-order valence-electron chi connectivity index (χ4n) is 6.05. The van der Waals surface area contributed by atoms with Gasteiger partial charge in [0.25, 0.3) is 0 Å². The Bertz CT molecular complexity index is 3470. The fraction of sp³-hybridized carbons (Fsp3) is 0. The lowest BCUT2D eigenvalue weighted by atomic mass is 10.0. The summed E-state index contributed by atoms with van der Waals surface area (Å²) in [6, 6.07) is 24.0. The summed E-state index contributed by atoms with van der Waals surface area (Å²) in [7, 11) is 0. The van der Waals surface area contributed by atoms with E-state index >= 15 is 0 Å². The number of hydrogen-bond acceptors (Lipinski definition) is 5. The Balaban J connectivity index is 1.20. The van der Waals surface area contributed by atoms with E-state index in [0.29, 0.717) is 22.3 Å². The minimum Gasteiger partial charge on any atom is -0.456 e. The van der Waals surface area contributed by atoms with E-state index in [2.05, 4.69) is 0 Å². The molecular formula is C45H27N3O2. The van der Waals surface area contributed by atoms with E-state index in [1.807, 2.05) is 91.0 Å². The van der Waals surface area contributed by atoms with Gasteiger partial charge in [-0.25, -0.2) is 15.0 Å². The molecule has 0 bridgehead atoms. The van der Waals surface area contributed by atoms with Gasteiger partial charge in [-0.05, 0) is 64.6 Å². The lowest BCUT2D eigenvalue weighted by molar-refractivity contribution is 0.669. The summed E-state index contributed by atoms with van der Waals surface area (Å²) in [6.45, 7) is 0. The molecule has 10 rings (SSSR count). The van der Waals surface area contributed by atoms with Crippen LogP contribution in [0.1, 0.15) is 15.1 Å². The van der Waals surface area contributed by atoms with Gasteiger partial charge < -0.3 is 8.83 Å². The van der Waals surface area contributed by atoms with E-state index in [1.165, 1.54) is 0 Å². The van der Waals surface area contributed by atoms with Crippen molar-refractivity contribution in [2.24, 2.45) is 0 Å². The smallest absolute Gasteiger partial charge is 0.164 e. The average Bonchev–Trinajstić information content (AvgIpc) is 3.87. The molecule has 0 N–H and O–H groups in total. The molecule has 0 fully saturated rings. The molecule has 5 nitrogen and oxygen atoms in total. The molecule has 0 amide bonds. The Labute approximate surface area is 302 Å². The molecule has 10 aromatic rings. The molecule has 50 heavy (non-hydrogen) atoms. The summed E-state index contributed by atoms with van der Waals surface area (Å²) in [5, 5.41) is 1.45. The molecular weight excluding hydrogens is 615 g/mol. The van der Waals surface area contributed by atoms with Gasteiger partial charge in [-0.2, -0.15) is 0 Å². The van der Waals surface area contributed by atoms with Gasteiger partial charge in [0.05, 0.1) is 15.1 Å². The Morgan fingerprint density at radius 2 is 0.920 bits per heavy atom. The molecule has 0 aliphatic heterocycles. The van der Waals surface area contributed by atoms with Crippen molar-refractivity contribution in [3.63, 3.8) is 0 Å². The maximum Gasteiger partial charge on any atom is 0.164 e. The minimum atomic E-state index is -0.683. The van der Waals surface area contributed by atoms with Crippen molar-refractivity contribution in [1.82, 2.24) is 15.0 Å². The maximum absolute atomic E-state index is 9.44. The van der Waals surface area contributed by atoms with Crippen molar-refractivity contribution in [1.29, 1.82) is 0 Å². The zero-order chi connectivity index (χ0) is 42.6. The quantitative estimate of drug-likeness (QED) is 0.185. The molecule has 0 aliphatic carbocycles. The predicted molar refractivity (Wildman–Crippen MR) is 202 cm³/mol. The summed E-state index contributed by atoms with van der Waals surface area (Å²) in [5.41, 5.74) is 2.67. The fourth-order valence-corrected chi connectivity index (χ4v) is 6.05. The second-order valence-corrected chi connectivity index (χ2v) is 11.6. The first-order valence-electron chi connectivity index (χ1n) is 21.2. The first kappa shape index (κ1) is 19.2. The van der Waals surface area contributed by atoms with E-state index < -0.39 is 77.6 Å². The molecule has 3 aromatic heterocycles. The lowest BCUT2D eigenvalue weighted by Gasteiger charge is -2.09. The third kappa shape index (κ3) is 4.83. The van der Waals surface area contributed by atoms with E-state index in [9.17, 15) is 4.11 Å². The Morgan fingerprint density at radius 1 is 0.360 bits per heavy atom. The summed E-state index contributed by atoms with van der Waals surface area (Å²) in [5.74, 6) is 0.276. The molecule has 0 aliphatic rings. The first-order chi connectivity index (χ1) is 29.3. The van der Waals surface area contributed by atoms with Crippen molar-refractivity contribution in [3.8, 4) is 56.4 Å². The van der Waals surface area contributed by atoms with Crippen LogP contribution in [0.4, 0.5) is 0 Å². The van der Waals surface area contributed by atoms with Crippen molar-refractivity contribution < 1.29 is 23.9 Å². The molecule has 0 unspecified atom stereocenters. The van der Waals surface area contributed by atoms with Gasteiger partial charge in [-0.1, -0.05) is 121 Å². The highest BCUT2D eigenvalue weighted by atomic mass is 16.3. The molecule has 7 aromatic carbocycles. The highest BCUT2D eigenvalue weighted by Crippen LogP contribution is 2.36. The van der Waals surface area contributed by atoms with Crippen molar-refractivity contribution in [2.75, 3.05) is 0 Å². The summed E-state index contributed by atoms with van der Waals surface area (Å²) < 4.78 is 109. The number of nitrogens with zero attached hydrogens (tertiary/aromatic N) is 3. The van der Waals surface area contributed by atoms with E-state index in [0.717, 1.165) is 21.9 Å². The molecule has 5 heteroatoms. The topological polar surface area (TPSA) is 65.0 Å². The van der Waals surface area contributed by atoms with Crippen molar-refractivity contribution in [2.45, 2.75) is 0 Å². The van der Waals surface area contributed by atoms with Crippen LogP contribution in [-0.2, 0) is 0 Å². The molecule has 0 spiro atoms. The molecule has 0 atom stereocenters. The number of para-hydroxylation sites is 1. The number of rotatable bonds is 5. The predicted octanol–water partition coefficient (Wildman–Crippen LogP) is 12.0. The second kappa shape index (κ2) is 11.4. The summed E-state index contributed by atoms with van der Waals surface area (Å²) in [4.78, 5) is 14.4. The van der Waals surface area contributed by atoms with Gasteiger partial charge in [0, 0.05) is 38.2 Å². The van der Waals surface area contributed by atoms with Gasteiger partial charge in [0.15, 0.2) is 17.5 Å². The van der Waals surface area contributed by atoms with Crippen LogP contribution in [0.3, 0.4) is 0 Å². The monoisotopic (exact) mass is 652 g/mol. The van der Waals surface area contributed by atoms with Crippen LogP contribution < -0.4 is 0 Å². The number of furan rings is 2. The Morgan fingerprint density at radius 3 is 1.70 bits per heavy atom. The Hall–Kier alpha value is -6.85. The maximum atomic E-state index is 9.44. The largest absolute Gasteiger partial charge is 0.456 e. The van der Waals surface area contributed by atoms with Crippen LogP contribution in [0.5, 0.6) is 0 Å². The zero-order valence-corrected chi connectivity index (χ0v) is 25.9. The van der Waals surface area contributed by atoms with Crippen LogP contribution >= 0.6 is 0 Å². The molecule has 0 radical (unpaired) electrons. The highest BCUT2D eigenvalue weighted by molar-refractivity contribution is 6.07. The summed E-state index contributed by atoms with van der Waals surface area (Å²) in [6.07, 6.45) is 0. The standard InChI is InChI=1S/C45H27N3O2/c1-3-9-28(10-4-1)30-15-17-31(18-16-30)43-46-44(33-20-23-36-35-13-7-8-14-39(35)49-41(36)26-33)48-45(47-43)34-21-24-38-37-22-19-32(29-11-5-2-6-12-29)25-40(37)50-42(38)27-34/h1-27H/i2D,5D,6D,11D,12D,19D,21D,22D,24D,25D,27D. The lowest BCUT2D eigenvalue weighted by Crippen LogP contribution is -2.00. The SMILES string of the molecule is [2H]c1c([2H])c([2H])c(-c2c([2H])c([2H])c3c(oc4c([2H])c(-c5nc(-c6ccc(-c7ccccc7)cc6)nc(-c6ccc7c(c6)oc6ccccc67)n5)c([2H])c([2H])c43)c2[2H])c([2H])c1[2H]. The minimum absolute atomic E-state index is 0.124. The normalized spacial score (nSPS) is 14.7. The van der Waals surface area contributed by atoms with E-state index in [1.54, 1.807) is 6.07 Å². The highest BCUT2D eigenvalue weighted by Gasteiger charge is 2.17. The van der Waals surface area contributed by atoms with Crippen molar-refractivity contribution in [3.05, 3.63) is 164 Å². The Kier molecular flexibility index (Phi) is 4.38. The van der Waals surface area contributed by atoms with Crippen LogP contribution in [0.2, 0.25) is 0 Å². The first-order valence-corrected chi connectivity index (χ1v) is 15.7.